The first-order chi connectivity index (χ1) is 12.1. The molecule has 1 atom stereocenters. The summed E-state index contributed by atoms with van der Waals surface area (Å²) >= 11 is 11.9. The molecule has 25 heavy (non-hydrogen) atoms. The van der Waals surface area contributed by atoms with Crippen LogP contribution in [0.5, 0.6) is 0 Å². The van der Waals surface area contributed by atoms with Gasteiger partial charge in [-0.3, -0.25) is 4.79 Å². The minimum Gasteiger partial charge on any atom is -0.380 e. The number of rotatable bonds is 4. The minimum atomic E-state index is -0.258. The van der Waals surface area contributed by atoms with Crippen molar-refractivity contribution < 1.29 is 9.53 Å². The molecule has 1 aliphatic heterocycles. The van der Waals surface area contributed by atoms with Crippen molar-refractivity contribution in [3.8, 4) is 0 Å². The van der Waals surface area contributed by atoms with E-state index in [1.165, 1.54) is 0 Å². The second-order valence-corrected chi connectivity index (χ2v) is 6.91. The third-order valence-corrected chi connectivity index (χ3v) is 4.93. The van der Waals surface area contributed by atoms with Crippen LogP contribution in [0.3, 0.4) is 0 Å². The number of methoxy groups -OCH3 is 1. The smallest absolute Gasteiger partial charge is 0.257 e. The molecular formula is C19H20Cl2N2O2. The van der Waals surface area contributed by atoms with Gasteiger partial charge < -0.3 is 15.0 Å². The molecule has 3 rings (SSSR count). The number of carbonyl (C=O) groups excluding carboxylic acids is 1. The topological polar surface area (TPSA) is 41.6 Å². The Morgan fingerprint density at radius 1 is 1.20 bits per heavy atom. The molecule has 1 amide bonds. The summed E-state index contributed by atoms with van der Waals surface area (Å²) in [4.78, 5) is 14.7. The Bertz CT molecular complexity index is 750. The second-order valence-electron chi connectivity index (χ2n) is 6.07. The largest absolute Gasteiger partial charge is 0.380 e. The van der Waals surface area contributed by atoms with Gasteiger partial charge in [0.2, 0.25) is 0 Å². The lowest BCUT2D eigenvalue weighted by molar-refractivity contribution is 0.0893. The highest BCUT2D eigenvalue weighted by molar-refractivity contribution is 6.37. The Morgan fingerprint density at radius 2 is 1.96 bits per heavy atom. The van der Waals surface area contributed by atoms with E-state index in [1.807, 2.05) is 24.3 Å². The number of benzene rings is 2. The number of ether oxygens (including phenoxy) is 1. The van der Waals surface area contributed by atoms with Crippen molar-refractivity contribution >= 4 is 40.5 Å². The normalized spacial score (nSPS) is 17.4. The second kappa shape index (κ2) is 8.09. The Hall–Kier alpha value is -1.75. The zero-order valence-corrected chi connectivity index (χ0v) is 15.5. The van der Waals surface area contributed by atoms with Crippen LogP contribution >= 0.6 is 23.2 Å². The molecule has 4 nitrogen and oxygen atoms in total. The zero-order valence-electron chi connectivity index (χ0n) is 14.0. The van der Waals surface area contributed by atoms with E-state index in [2.05, 4.69) is 10.2 Å². The van der Waals surface area contributed by atoms with Gasteiger partial charge in [0.15, 0.2) is 0 Å². The van der Waals surface area contributed by atoms with E-state index in [9.17, 15) is 4.79 Å². The molecule has 6 heteroatoms. The first-order valence-electron chi connectivity index (χ1n) is 8.21. The van der Waals surface area contributed by atoms with Gasteiger partial charge in [-0.1, -0.05) is 23.2 Å². The maximum atomic E-state index is 12.3. The number of hydrogen-bond acceptors (Lipinski definition) is 3. The van der Waals surface area contributed by atoms with Crippen molar-refractivity contribution in [3.63, 3.8) is 0 Å². The third-order valence-electron chi connectivity index (χ3n) is 4.38. The van der Waals surface area contributed by atoms with Gasteiger partial charge in [-0.05, 0) is 55.3 Å². The molecule has 1 N–H and O–H groups in total. The average molecular weight is 379 g/mol. The van der Waals surface area contributed by atoms with Crippen molar-refractivity contribution in [3.05, 3.63) is 58.1 Å². The molecule has 0 bridgehead atoms. The van der Waals surface area contributed by atoms with Crippen LogP contribution < -0.4 is 10.2 Å². The first kappa shape index (κ1) is 18.1. The number of hydrogen-bond donors (Lipinski definition) is 1. The molecule has 1 unspecified atom stereocenters. The number of nitrogens with one attached hydrogen (secondary N) is 1. The Kier molecular flexibility index (Phi) is 5.84. The summed E-state index contributed by atoms with van der Waals surface area (Å²) in [7, 11) is 1.76. The molecule has 1 heterocycles. The highest BCUT2D eigenvalue weighted by Gasteiger charge is 2.19. The molecule has 0 radical (unpaired) electrons. The predicted octanol–water partition coefficient (Wildman–Crippen LogP) is 4.86. The van der Waals surface area contributed by atoms with E-state index in [1.54, 1.807) is 25.3 Å². The number of amides is 1. The number of carbonyl (C=O) groups is 1. The molecule has 0 spiro atoms. The van der Waals surface area contributed by atoms with Crippen molar-refractivity contribution in [2.75, 3.05) is 30.4 Å². The van der Waals surface area contributed by atoms with Gasteiger partial charge in [0.05, 0.1) is 16.7 Å². The van der Waals surface area contributed by atoms with Gasteiger partial charge >= 0.3 is 0 Å². The molecule has 0 saturated carbocycles. The molecule has 2 aromatic rings. The van der Waals surface area contributed by atoms with Crippen LogP contribution in [0.15, 0.2) is 42.5 Å². The van der Waals surface area contributed by atoms with Crippen LogP contribution in [0, 0.1) is 0 Å². The van der Waals surface area contributed by atoms with Gasteiger partial charge in [0.25, 0.3) is 5.91 Å². The van der Waals surface area contributed by atoms with Crippen LogP contribution in [0.4, 0.5) is 11.4 Å². The van der Waals surface area contributed by atoms with E-state index in [0.717, 1.165) is 37.3 Å². The molecule has 1 saturated heterocycles. The van der Waals surface area contributed by atoms with Gasteiger partial charge in [-0.15, -0.1) is 0 Å². The SMILES string of the molecule is COC1CCCN(c2ccc(NC(=O)c3ccc(Cl)cc3Cl)cc2)C1. The van der Waals surface area contributed by atoms with Crippen LogP contribution in [0.1, 0.15) is 23.2 Å². The number of halogens is 2. The minimum absolute atomic E-state index is 0.258. The maximum absolute atomic E-state index is 12.3. The lowest BCUT2D eigenvalue weighted by Gasteiger charge is -2.33. The van der Waals surface area contributed by atoms with E-state index >= 15 is 0 Å². The Morgan fingerprint density at radius 3 is 2.64 bits per heavy atom. The standard InChI is InChI=1S/C19H20Cl2N2O2/c1-25-16-3-2-10-23(12-16)15-7-5-14(6-8-15)22-19(24)17-9-4-13(20)11-18(17)21/h4-9,11,16H,2-3,10,12H2,1H3,(H,22,24). The molecule has 2 aromatic carbocycles. The average Bonchev–Trinajstić information content (AvgIpc) is 2.62. The van der Waals surface area contributed by atoms with Crippen molar-refractivity contribution in [2.24, 2.45) is 0 Å². The predicted molar refractivity (Wildman–Crippen MR) is 103 cm³/mol. The fourth-order valence-electron chi connectivity index (χ4n) is 2.99. The van der Waals surface area contributed by atoms with E-state index in [-0.39, 0.29) is 12.0 Å². The molecule has 0 aliphatic carbocycles. The summed E-state index contributed by atoms with van der Waals surface area (Å²) in [5, 5.41) is 3.69. The fourth-order valence-corrected chi connectivity index (χ4v) is 3.49. The van der Waals surface area contributed by atoms with Crippen LogP contribution in [0.25, 0.3) is 0 Å². The maximum Gasteiger partial charge on any atom is 0.257 e. The highest BCUT2D eigenvalue weighted by Crippen LogP contribution is 2.25. The lowest BCUT2D eigenvalue weighted by atomic mass is 10.1. The van der Waals surface area contributed by atoms with Crippen molar-refractivity contribution in [2.45, 2.75) is 18.9 Å². The monoisotopic (exact) mass is 378 g/mol. The molecular weight excluding hydrogens is 359 g/mol. The number of anilines is 2. The number of piperidine rings is 1. The summed E-state index contributed by atoms with van der Waals surface area (Å²) in [5.41, 5.74) is 2.25. The van der Waals surface area contributed by atoms with Crippen LogP contribution in [-0.2, 0) is 4.74 Å². The quantitative estimate of drug-likeness (QED) is 0.825. The fraction of sp³-hybridized carbons (Fsp3) is 0.316. The van der Waals surface area contributed by atoms with Crippen LogP contribution in [0.2, 0.25) is 10.0 Å². The molecule has 1 aliphatic rings. The van der Waals surface area contributed by atoms with Gasteiger partial charge in [0, 0.05) is 36.6 Å². The van der Waals surface area contributed by atoms with Crippen molar-refractivity contribution in [1.82, 2.24) is 0 Å². The van der Waals surface area contributed by atoms with Gasteiger partial charge in [-0.2, -0.15) is 0 Å². The van der Waals surface area contributed by atoms with Gasteiger partial charge in [0.1, 0.15) is 0 Å². The summed E-state index contributed by atoms with van der Waals surface area (Å²) in [5.74, 6) is -0.258. The molecule has 1 fully saturated rings. The Labute approximate surface area is 157 Å². The van der Waals surface area contributed by atoms with Crippen molar-refractivity contribution in [1.29, 1.82) is 0 Å². The summed E-state index contributed by atoms with van der Waals surface area (Å²) in [6, 6.07) is 12.6. The number of nitrogens with zero attached hydrogens (tertiary/aromatic N) is 1. The Balaban J connectivity index is 1.67. The molecule has 132 valence electrons. The van der Waals surface area contributed by atoms with E-state index in [4.69, 9.17) is 27.9 Å². The zero-order chi connectivity index (χ0) is 17.8. The highest BCUT2D eigenvalue weighted by atomic mass is 35.5. The summed E-state index contributed by atoms with van der Waals surface area (Å²) < 4.78 is 5.47. The third kappa shape index (κ3) is 4.46. The lowest BCUT2D eigenvalue weighted by Crippen LogP contribution is -2.39. The summed E-state index contributed by atoms with van der Waals surface area (Å²) in [6.45, 7) is 1.91. The van der Waals surface area contributed by atoms with E-state index in [0.29, 0.717) is 15.6 Å². The van der Waals surface area contributed by atoms with Gasteiger partial charge in [-0.25, -0.2) is 0 Å². The first-order valence-corrected chi connectivity index (χ1v) is 8.96. The van der Waals surface area contributed by atoms with E-state index < -0.39 is 0 Å². The molecule has 0 aromatic heterocycles. The summed E-state index contributed by atoms with van der Waals surface area (Å²) in [6.07, 6.45) is 2.50. The van der Waals surface area contributed by atoms with Crippen LogP contribution in [-0.4, -0.2) is 32.2 Å².